The van der Waals surface area contributed by atoms with Crippen LogP contribution in [0.2, 0.25) is 0 Å². The number of nitrogens with one attached hydrogen (secondary N) is 2. The van der Waals surface area contributed by atoms with Crippen molar-refractivity contribution in [2.24, 2.45) is 0 Å². The lowest BCUT2D eigenvalue weighted by Crippen LogP contribution is -2.40. The average molecular weight is 399 g/mol. The molecule has 1 aromatic carbocycles. The normalized spacial score (nSPS) is 17.2. The third-order valence-electron chi connectivity index (χ3n) is 5.40. The zero-order valence-corrected chi connectivity index (χ0v) is 17.3. The summed E-state index contributed by atoms with van der Waals surface area (Å²) in [6.45, 7) is 6.91. The lowest BCUT2D eigenvalue weighted by atomic mass is 10.00. The van der Waals surface area contributed by atoms with E-state index in [-0.39, 0.29) is 5.82 Å². The third-order valence-corrected chi connectivity index (χ3v) is 6.39. The van der Waals surface area contributed by atoms with Crippen molar-refractivity contribution in [2.75, 3.05) is 30.7 Å². The summed E-state index contributed by atoms with van der Waals surface area (Å²) in [4.78, 5) is 4.07. The van der Waals surface area contributed by atoms with Crippen molar-refractivity contribution in [2.45, 2.75) is 32.7 Å². The van der Waals surface area contributed by atoms with Crippen LogP contribution in [0.15, 0.2) is 24.4 Å². The number of aromatic nitrogens is 1. The summed E-state index contributed by atoms with van der Waals surface area (Å²) in [6.07, 6.45) is 8.14. The number of anilines is 1. The minimum Gasteiger partial charge on any atom is -0.387 e. The summed E-state index contributed by atoms with van der Waals surface area (Å²) in [5.74, 6) is 0.886. The maximum absolute atomic E-state index is 14.7. The molecular weight excluding hydrogens is 371 g/mol. The van der Waals surface area contributed by atoms with Gasteiger partial charge in [-0.05, 0) is 48.7 Å². The zero-order chi connectivity index (χ0) is 19.5. The second-order valence-electron chi connectivity index (χ2n) is 7.31. The number of pyridine rings is 1. The smallest absolute Gasteiger partial charge is 0.152 e. The monoisotopic (exact) mass is 398 g/mol. The number of nitrogens with zero attached hydrogens (tertiary/aromatic N) is 2. The first-order chi connectivity index (χ1) is 13.7. The Hall–Kier alpha value is -2.05. The summed E-state index contributed by atoms with van der Waals surface area (Å²) < 4.78 is 17.2. The van der Waals surface area contributed by atoms with Gasteiger partial charge in [-0.2, -0.15) is 0 Å². The Balaban J connectivity index is 1.67. The van der Waals surface area contributed by atoms with E-state index in [2.05, 4.69) is 51.3 Å². The second-order valence-corrected chi connectivity index (χ2v) is 8.66. The van der Waals surface area contributed by atoms with Crippen molar-refractivity contribution in [3.8, 4) is 11.1 Å². The van der Waals surface area contributed by atoms with Crippen LogP contribution in [0, 0.1) is 12.7 Å². The minimum absolute atomic E-state index is 0.240. The first kappa shape index (κ1) is 19.3. The maximum atomic E-state index is 14.7. The van der Waals surface area contributed by atoms with Crippen molar-refractivity contribution in [3.63, 3.8) is 0 Å². The number of rotatable bonds is 5. The molecule has 0 atom stereocenters. The van der Waals surface area contributed by atoms with Gasteiger partial charge in [0.1, 0.15) is 0 Å². The average Bonchev–Trinajstić information content (AvgIpc) is 2.71. The van der Waals surface area contributed by atoms with E-state index in [1.54, 1.807) is 19.2 Å². The number of halogens is 1. The van der Waals surface area contributed by atoms with Crippen molar-refractivity contribution >= 4 is 29.9 Å². The van der Waals surface area contributed by atoms with Gasteiger partial charge >= 0.3 is 0 Å². The number of benzene rings is 1. The highest BCUT2D eigenvalue weighted by molar-refractivity contribution is 7.96. The molecule has 0 amide bonds. The van der Waals surface area contributed by atoms with Gasteiger partial charge in [-0.3, -0.25) is 9.29 Å². The second kappa shape index (κ2) is 8.53. The molecule has 0 radical (unpaired) electrons. The molecule has 148 valence electrons. The standard InChI is InChI=1S/C22H27FN4S/c1-3-28-27-10-6-18(7-11-27)26-21-13-17(12-16-4-8-24-14-20(16)21)19-5-9-25-15(2)22(19)23/h4-5,9,12-14,18,24,26H,3,6-8,10-11H2,1-2H3. The van der Waals surface area contributed by atoms with Gasteiger partial charge in [-0.25, -0.2) is 4.39 Å². The van der Waals surface area contributed by atoms with Crippen LogP contribution in [0.5, 0.6) is 0 Å². The van der Waals surface area contributed by atoms with Crippen molar-refractivity contribution < 1.29 is 4.39 Å². The van der Waals surface area contributed by atoms with Crippen LogP contribution in [-0.2, 0) is 0 Å². The van der Waals surface area contributed by atoms with Gasteiger partial charge in [0.25, 0.3) is 0 Å². The van der Waals surface area contributed by atoms with Gasteiger partial charge < -0.3 is 10.6 Å². The lowest BCUT2D eigenvalue weighted by Gasteiger charge is -2.32. The van der Waals surface area contributed by atoms with Gasteiger partial charge in [0.15, 0.2) is 5.82 Å². The van der Waals surface area contributed by atoms with E-state index in [1.807, 2.05) is 11.9 Å². The van der Waals surface area contributed by atoms with Crippen LogP contribution in [0.1, 0.15) is 25.5 Å². The molecule has 0 aliphatic carbocycles. The van der Waals surface area contributed by atoms with E-state index >= 15 is 0 Å². The fraction of sp³-hybridized carbons (Fsp3) is 0.409. The highest BCUT2D eigenvalue weighted by Gasteiger charge is 2.20. The SMILES string of the molecule is CCSN1CCC(Nc2cc(-c3ccnc(C)c3F)cc3c2=CNCC=3)CC1. The molecule has 3 heterocycles. The van der Waals surface area contributed by atoms with Crippen molar-refractivity contribution in [3.05, 3.63) is 46.3 Å². The molecule has 0 unspecified atom stereocenters. The predicted molar refractivity (Wildman–Crippen MR) is 117 cm³/mol. The number of hydrogen-bond donors (Lipinski definition) is 2. The fourth-order valence-corrected chi connectivity index (χ4v) is 4.75. The van der Waals surface area contributed by atoms with Crippen LogP contribution in [0.25, 0.3) is 23.4 Å². The third kappa shape index (κ3) is 4.03. The molecule has 1 fully saturated rings. The van der Waals surface area contributed by atoms with E-state index < -0.39 is 0 Å². The molecule has 2 aliphatic heterocycles. The lowest BCUT2D eigenvalue weighted by molar-refractivity contribution is 0.358. The van der Waals surface area contributed by atoms with E-state index in [1.165, 1.54) is 0 Å². The number of fused-ring (bicyclic) bond motifs is 1. The summed E-state index contributed by atoms with van der Waals surface area (Å²) in [6, 6.07) is 6.36. The minimum atomic E-state index is -0.240. The van der Waals surface area contributed by atoms with Crippen LogP contribution in [0.3, 0.4) is 0 Å². The Morgan fingerprint density at radius 2 is 2.14 bits per heavy atom. The Morgan fingerprint density at radius 1 is 1.32 bits per heavy atom. The summed E-state index contributed by atoms with van der Waals surface area (Å²) in [7, 11) is 0. The Kier molecular flexibility index (Phi) is 5.87. The van der Waals surface area contributed by atoms with Crippen molar-refractivity contribution in [1.29, 1.82) is 0 Å². The van der Waals surface area contributed by atoms with Gasteiger partial charge in [-0.15, -0.1) is 0 Å². The van der Waals surface area contributed by atoms with E-state index in [9.17, 15) is 4.39 Å². The van der Waals surface area contributed by atoms with Crippen LogP contribution in [0.4, 0.5) is 10.1 Å². The van der Waals surface area contributed by atoms with Gasteiger partial charge in [0, 0.05) is 60.3 Å². The Morgan fingerprint density at radius 3 is 2.93 bits per heavy atom. The molecule has 1 aromatic heterocycles. The van der Waals surface area contributed by atoms with E-state index in [0.29, 0.717) is 17.3 Å². The summed E-state index contributed by atoms with van der Waals surface area (Å²) in [5.41, 5.74) is 3.02. The predicted octanol–water partition coefficient (Wildman–Crippen LogP) is 2.86. The van der Waals surface area contributed by atoms with Gasteiger partial charge in [0.05, 0.1) is 5.69 Å². The Labute approximate surface area is 170 Å². The first-order valence-corrected chi connectivity index (χ1v) is 10.9. The topological polar surface area (TPSA) is 40.2 Å². The van der Waals surface area contributed by atoms with Crippen LogP contribution >= 0.6 is 11.9 Å². The molecule has 4 nitrogen and oxygen atoms in total. The first-order valence-electron chi connectivity index (χ1n) is 9.99. The molecular formula is C22H27FN4S. The largest absolute Gasteiger partial charge is 0.387 e. The fourth-order valence-electron chi connectivity index (χ4n) is 3.91. The molecule has 2 N–H and O–H groups in total. The van der Waals surface area contributed by atoms with E-state index in [4.69, 9.17) is 0 Å². The molecule has 4 rings (SSSR count). The summed E-state index contributed by atoms with van der Waals surface area (Å²) >= 11 is 1.92. The molecule has 0 bridgehead atoms. The van der Waals surface area contributed by atoms with Gasteiger partial charge in [0.2, 0.25) is 0 Å². The van der Waals surface area contributed by atoms with Crippen LogP contribution < -0.4 is 21.1 Å². The van der Waals surface area contributed by atoms with Gasteiger partial charge in [-0.1, -0.05) is 24.9 Å². The maximum Gasteiger partial charge on any atom is 0.152 e. The molecule has 2 aromatic rings. The van der Waals surface area contributed by atoms with E-state index in [0.717, 1.165) is 59.9 Å². The highest BCUT2D eigenvalue weighted by Crippen LogP contribution is 2.25. The molecule has 1 saturated heterocycles. The molecule has 2 aliphatic rings. The Bertz CT molecular complexity index is 967. The number of piperidine rings is 1. The molecule has 28 heavy (non-hydrogen) atoms. The molecule has 0 spiro atoms. The molecule has 6 heteroatoms. The zero-order valence-electron chi connectivity index (χ0n) is 16.5. The number of aryl methyl sites for hydroxylation is 1. The quantitative estimate of drug-likeness (QED) is 0.758. The highest BCUT2D eigenvalue weighted by atomic mass is 32.2. The number of hydrogen-bond acceptors (Lipinski definition) is 5. The molecule has 0 saturated carbocycles. The van der Waals surface area contributed by atoms with Crippen molar-refractivity contribution in [1.82, 2.24) is 14.6 Å². The van der Waals surface area contributed by atoms with Crippen LogP contribution in [-0.4, -0.2) is 40.7 Å². The summed E-state index contributed by atoms with van der Waals surface area (Å²) in [5, 5.41) is 9.36.